The molecule has 0 atom stereocenters. The number of nitrogens with zero attached hydrogens (tertiary/aromatic N) is 5. The maximum atomic E-state index is 13.1. The van der Waals surface area contributed by atoms with Crippen LogP contribution in [-0.4, -0.2) is 62.2 Å². The molecule has 1 aromatic carbocycles. The lowest BCUT2D eigenvalue weighted by Crippen LogP contribution is -2.36. The zero-order valence-corrected chi connectivity index (χ0v) is 18.4. The molecular formula is C22H27N5O5. The predicted molar refractivity (Wildman–Crippen MR) is 116 cm³/mol. The second-order valence-corrected chi connectivity index (χ2v) is 7.12. The molecule has 0 bridgehead atoms. The number of rotatable bonds is 11. The van der Waals surface area contributed by atoms with E-state index in [9.17, 15) is 9.59 Å². The third-order valence-corrected chi connectivity index (χ3v) is 5.11. The Balaban J connectivity index is 1.76. The van der Waals surface area contributed by atoms with Crippen LogP contribution in [0.4, 0.5) is 0 Å². The summed E-state index contributed by atoms with van der Waals surface area (Å²) in [6.45, 7) is 3.47. The molecule has 10 heteroatoms. The van der Waals surface area contributed by atoms with Crippen LogP contribution in [0.1, 0.15) is 28.5 Å². The van der Waals surface area contributed by atoms with Gasteiger partial charge < -0.3 is 19.5 Å². The number of amides is 1. The highest BCUT2D eigenvalue weighted by atomic mass is 16.5. The summed E-state index contributed by atoms with van der Waals surface area (Å²) in [6.07, 6.45) is 4.90. The number of carbonyl (C=O) groups is 2. The molecular weight excluding hydrogens is 414 g/mol. The molecule has 2 aromatic heterocycles. The molecule has 0 fully saturated rings. The number of ether oxygens (including phenoxy) is 2. The fourth-order valence-corrected chi connectivity index (χ4v) is 3.37. The minimum absolute atomic E-state index is 0.0405. The predicted octanol–water partition coefficient (Wildman–Crippen LogP) is 2.09. The van der Waals surface area contributed by atoms with E-state index < -0.39 is 5.97 Å². The van der Waals surface area contributed by atoms with Gasteiger partial charge in [0.1, 0.15) is 6.54 Å². The van der Waals surface area contributed by atoms with Crippen LogP contribution < -0.4 is 9.47 Å². The number of aromatic carboxylic acids is 1. The SMILES string of the molecule is CCn1nccc1CN(CCc1ccc(OC)c(OC)c1)C(=O)Cn1cc(C(=O)O)cn1. The van der Waals surface area contributed by atoms with Crippen molar-refractivity contribution >= 4 is 11.9 Å². The van der Waals surface area contributed by atoms with Crippen LogP contribution in [0.5, 0.6) is 11.5 Å². The molecule has 0 saturated carbocycles. The second-order valence-electron chi connectivity index (χ2n) is 7.12. The number of hydrogen-bond donors (Lipinski definition) is 1. The van der Waals surface area contributed by atoms with Crippen LogP contribution >= 0.6 is 0 Å². The number of carboxylic acid groups (broad SMARTS) is 1. The lowest BCUT2D eigenvalue weighted by atomic mass is 10.1. The number of carbonyl (C=O) groups excluding carboxylic acids is 1. The maximum absolute atomic E-state index is 13.1. The van der Waals surface area contributed by atoms with Crippen LogP contribution in [0.15, 0.2) is 42.9 Å². The molecule has 0 aliphatic heterocycles. The van der Waals surface area contributed by atoms with Gasteiger partial charge in [-0.2, -0.15) is 10.2 Å². The van der Waals surface area contributed by atoms with Gasteiger partial charge in [-0.1, -0.05) is 6.07 Å². The molecule has 170 valence electrons. The van der Waals surface area contributed by atoms with Crippen LogP contribution in [0.25, 0.3) is 0 Å². The van der Waals surface area contributed by atoms with Gasteiger partial charge in [0.25, 0.3) is 0 Å². The van der Waals surface area contributed by atoms with Crippen molar-refractivity contribution in [2.24, 2.45) is 0 Å². The van der Waals surface area contributed by atoms with Gasteiger partial charge >= 0.3 is 5.97 Å². The molecule has 10 nitrogen and oxygen atoms in total. The van der Waals surface area contributed by atoms with E-state index in [1.54, 1.807) is 25.3 Å². The summed E-state index contributed by atoms with van der Waals surface area (Å²) in [4.78, 5) is 25.9. The molecule has 0 aliphatic rings. The molecule has 3 rings (SSSR count). The molecule has 2 heterocycles. The third kappa shape index (κ3) is 5.45. The van der Waals surface area contributed by atoms with E-state index >= 15 is 0 Å². The number of hydrogen-bond acceptors (Lipinski definition) is 6. The van der Waals surface area contributed by atoms with Crippen molar-refractivity contribution in [2.45, 2.75) is 33.0 Å². The standard InChI is InChI=1S/C22H27N5O5/c1-4-27-18(7-9-23-27)14-25(21(28)15-26-13-17(12-24-26)22(29)30)10-8-16-5-6-19(31-2)20(11-16)32-3/h5-7,9,11-13H,4,8,10,14-15H2,1-3H3,(H,29,30). The van der Waals surface area contributed by atoms with Crippen LogP contribution in [0.3, 0.4) is 0 Å². The first-order valence-corrected chi connectivity index (χ1v) is 10.2. The van der Waals surface area contributed by atoms with Gasteiger partial charge in [-0.3, -0.25) is 14.2 Å². The zero-order valence-electron chi connectivity index (χ0n) is 18.4. The van der Waals surface area contributed by atoms with E-state index in [4.69, 9.17) is 14.6 Å². The first-order chi connectivity index (χ1) is 15.4. The van der Waals surface area contributed by atoms with E-state index in [0.29, 0.717) is 37.6 Å². The first-order valence-electron chi connectivity index (χ1n) is 10.2. The number of carboxylic acids is 1. The quantitative estimate of drug-likeness (QED) is 0.485. The average molecular weight is 441 g/mol. The van der Waals surface area contributed by atoms with Gasteiger partial charge in [0.15, 0.2) is 11.5 Å². The summed E-state index contributed by atoms with van der Waals surface area (Å²) in [7, 11) is 3.17. The minimum Gasteiger partial charge on any atom is -0.493 e. The Labute approximate surface area is 186 Å². The van der Waals surface area contributed by atoms with Gasteiger partial charge in [-0.25, -0.2) is 4.79 Å². The molecule has 3 aromatic rings. The fraction of sp³-hybridized carbons (Fsp3) is 0.364. The molecule has 0 spiro atoms. The Morgan fingerprint density at radius 3 is 2.56 bits per heavy atom. The van der Waals surface area contributed by atoms with E-state index in [2.05, 4.69) is 10.2 Å². The van der Waals surface area contributed by atoms with Crippen LogP contribution in [-0.2, 0) is 30.8 Å². The van der Waals surface area contributed by atoms with Crippen molar-refractivity contribution in [3.63, 3.8) is 0 Å². The monoisotopic (exact) mass is 441 g/mol. The third-order valence-electron chi connectivity index (χ3n) is 5.11. The minimum atomic E-state index is -1.08. The van der Waals surface area contributed by atoms with Crippen molar-refractivity contribution in [3.8, 4) is 11.5 Å². The summed E-state index contributed by atoms with van der Waals surface area (Å²) >= 11 is 0. The highest BCUT2D eigenvalue weighted by Gasteiger charge is 2.18. The Morgan fingerprint density at radius 2 is 1.91 bits per heavy atom. The van der Waals surface area contributed by atoms with Crippen LogP contribution in [0, 0.1) is 0 Å². The molecule has 0 aliphatic carbocycles. The van der Waals surface area contributed by atoms with Gasteiger partial charge in [0, 0.05) is 25.5 Å². The summed E-state index contributed by atoms with van der Waals surface area (Å²) in [6, 6.07) is 7.55. The highest BCUT2D eigenvalue weighted by Crippen LogP contribution is 2.27. The number of methoxy groups -OCH3 is 2. The van der Waals surface area contributed by atoms with Crippen molar-refractivity contribution in [1.29, 1.82) is 0 Å². The van der Waals surface area contributed by atoms with Gasteiger partial charge in [-0.05, 0) is 37.1 Å². The molecule has 0 unspecified atom stereocenters. The van der Waals surface area contributed by atoms with E-state index in [-0.39, 0.29) is 18.0 Å². The van der Waals surface area contributed by atoms with E-state index in [0.717, 1.165) is 11.3 Å². The Kier molecular flexibility index (Phi) is 7.48. The lowest BCUT2D eigenvalue weighted by Gasteiger charge is -2.23. The zero-order chi connectivity index (χ0) is 23.1. The maximum Gasteiger partial charge on any atom is 0.338 e. The van der Waals surface area contributed by atoms with Gasteiger partial charge in [-0.15, -0.1) is 0 Å². The van der Waals surface area contributed by atoms with E-state index in [1.807, 2.05) is 35.9 Å². The second kappa shape index (κ2) is 10.5. The van der Waals surface area contributed by atoms with E-state index in [1.165, 1.54) is 17.1 Å². The number of aromatic nitrogens is 4. The van der Waals surface area contributed by atoms with Crippen molar-refractivity contribution < 1.29 is 24.2 Å². The first kappa shape index (κ1) is 22.9. The molecule has 32 heavy (non-hydrogen) atoms. The normalized spacial score (nSPS) is 10.7. The average Bonchev–Trinajstić information content (AvgIpc) is 3.45. The Hall–Kier alpha value is -3.82. The summed E-state index contributed by atoms with van der Waals surface area (Å²) in [5.41, 5.74) is 1.95. The summed E-state index contributed by atoms with van der Waals surface area (Å²) in [5.74, 6) is 0.0175. The number of benzene rings is 1. The Morgan fingerprint density at radius 1 is 1.12 bits per heavy atom. The summed E-state index contributed by atoms with van der Waals surface area (Å²) in [5, 5.41) is 17.4. The van der Waals surface area contributed by atoms with Crippen molar-refractivity contribution in [3.05, 3.63) is 59.7 Å². The molecule has 1 N–H and O–H groups in total. The van der Waals surface area contributed by atoms with Gasteiger partial charge in [0.05, 0.1) is 38.2 Å². The van der Waals surface area contributed by atoms with Crippen LogP contribution in [0.2, 0.25) is 0 Å². The highest BCUT2D eigenvalue weighted by molar-refractivity contribution is 5.87. The molecule has 1 amide bonds. The molecule has 0 saturated heterocycles. The van der Waals surface area contributed by atoms with Gasteiger partial charge in [0.2, 0.25) is 5.91 Å². The van der Waals surface area contributed by atoms with Crippen molar-refractivity contribution in [1.82, 2.24) is 24.5 Å². The molecule has 0 radical (unpaired) electrons. The summed E-state index contributed by atoms with van der Waals surface area (Å²) < 4.78 is 13.8. The lowest BCUT2D eigenvalue weighted by molar-refractivity contribution is -0.132. The largest absolute Gasteiger partial charge is 0.493 e. The fourth-order valence-electron chi connectivity index (χ4n) is 3.37. The smallest absolute Gasteiger partial charge is 0.338 e. The number of aryl methyl sites for hydroxylation is 1. The Bertz CT molecular complexity index is 1070. The van der Waals surface area contributed by atoms with Crippen molar-refractivity contribution in [2.75, 3.05) is 20.8 Å². The topological polar surface area (TPSA) is 112 Å².